The molecule has 9 heteroatoms. The van der Waals surface area contributed by atoms with Crippen LogP contribution in [0.15, 0.2) is 77.8 Å². The zero-order chi connectivity index (χ0) is 23.4. The molecule has 0 fully saturated rings. The van der Waals surface area contributed by atoms with Crippen LogP contribution in [0.25, 0.3) is 17.2 Å². The van der Waals surface area contributed by atoms with Crippen LogP contribution < -0.4 is 4.31 Å². The minimum Gasteiger partial charge on any atom is -0.266 e. The lowest BCUT2D eigenvalue weighted by molar-refractivity contribution is 0.588. The number of benzene rings is 2. The van der Waals surface area contributed by atoms with E-state index in [4.69, 9.17) is 11.6 Å². The van der Waals surface area contributed by atoms with Gasteiger partial charge in [-0.15, -0.1) is 10.2 Å². The number of pyridine rings is 1. The fourth-order valence-corrected chi connectivity index (χ4v) is 5.31. The van der Waals surface area contributed by atoms with Crippen LogP contribution >= 0.6 is 11.6 Å². The number of nitrogens with zero attached hydrogens (tertiary/aromatic N) is 5. The molecule has 0 spiro atoms. The van der Waals surface area contributed by atoms with Crippen molar-refractivity contribution in [3.05, 3.63) is 83.8 Å². The quantitative estimate of drug-likeness (QED) is 0.341. The van der Waals surface area contributed by atoms with E-state index >= 15 is 0 Å². The first-order valence-electron chi connectivity index (χ1n) is 10.6. The number of unbranched alkanes of at least 4 members (excludes halogenated alkanes) is 1. The second-order valence-electron chi connectivity index (χ2n) is 7.50. The third-order valence-corrected chi connectivity index (χ3v) is 7.28. The fraction of sp³-hybridized carbons (Fsp3) is 0.208. The lowest BCUT2D eigenvalue weighted by Crippen LogP contribution is -2.32. The first kappa shape index (κ1) is 22.9. The summed E-state index contributed by atoms with van der Waals surface area (Å²) < 4.78 is 30.6. The van der Waals surface area contributed by atoms with Gasteiger partial charge in [0.25, 0.3) is 10.0 Å². The number of aromatic nitrogens is 4. The lowest BCUT2D eigenvalue weighted by atomic mass is 10.1. The van der Waals surface area contributed by atoms with Gasteiger partial charge in [0.15, 0.2) is 5.82 Å². The van der Waals surface area contributed by atoms with E-state index in [1.54, 1.807) is 59.3 Å². The molecule has 7 nitrogen and oxygen atoms in total. The fourth-order valence-electron chi connectivity index (χ4n) is 3.59. The van der Waals surface area contributed by atoms with Crippen LogP contribution in [0.5, 0.6) is 0 Å². The topological polar surface area (TPSA) is 81.0 Å². The van der Waals surface area contributed by atoms with Crippen molar-refractivity contribution in [1.82, 2.24) is 19.7 Å². The van der Waals surface area contributed by atoms with E-state index in [9.17, 15) is 8.42 Å². The zero-order valence-corrected chi connectivity index (χ0v) is 20.0. The van der Waals surface area contributed by atoms with Gasteiger partial charge in [0.1, 0.15) is 11.6 Å². The van der Waals surface area contributed by atoms with Gasteiger partial charge < -0.3 is 0 Å². The number of anilines is 1. The Kier molecular flexibility index (Phi) is 6.76. The highest BCUT2D eigenvalue weighted by molar-refractivity contribution is 7.92. The first-order valence-corrected chi connectivity index (χ1v) is 12.5. The summed E-state index contributed by atoms with van der Waals surface area (Å²) in [5.41, 5.74) is 1.05. The maximum atomic E-state index is 13.7. The van der Waals surface area contributed by atoms with Gasteiger partial charge in [-0.05, 0) is 55.8 Å². The summed E-state index contributed by atoms with van der Waals surface area (Å²) in [7, 11) is -3.82. The summed E-state index contributed by atoms with van der Waals surface area (Å²) in [5, 5.41) is 9.09. The summed E-state index contributed by atoms with van der Waals surface area (Å²) in [6.45, 7) is 4.17. The van der Waals surface area contributed by atoms with Crippen LogP contribution in [0.3, 0.4) is 0 Å². The predicted molar refractivity (Wildman–Crippen MR) is 130 cm³/mol. The number of sulfonamides is 1. The molecule has 0 unspecified atom stereocenters. The highest BCUT2D eigenvalue weighted by atomic mass is 35.5. The van der Waals surface area contributed by atoms with Crippen LogP contribution in [0.1, 0.15) is 25.6 Å². The highest BCUT2D eigenvalue weighted by Gasteiger charge is 2.28. The normalized spacial score (nSPS) is 11.5. The van der Waals surface area contributed by atoms with Crippen molar-refractivity contribution >= 4 is 27.3 Å². The van der Waals surface area contributed by atoms with Gasteiger partial charge in [0.05, 0.1) is 10.6 Å². The average Bonchev–Trinajstić information content (AvgIpc) is 3.22. The molecule has 0 bridgehead atoms. The summed E-state index contributed by atoms with van der Waals surface area (Å²) >= 11 is 6.37. The summed E-state index contributed by atoms with van der Waals surface area (Å²) in [6, 6.07) is 19.1. The standard InChI is InChI=1S/C24H24ClN5O2S/c1-3-4-16-29(33(31,32)20-10-6-5-7-11-20)22-14-13-19(25)17-21(22)24-28-27-18(2)30(24)23-12-8-9-15-26-23/h5-15,17H,3-4,16H2,1-2H3. The molecule has 33 heavy (non-hydrogen) atoms. The van der Waals surface area contributed by atoms with E-state index in [0.717, 1.165) is 6.42 Å². The van der Waals surface area contributed by atoms with E-state index in [-0.39, 0.29) is 4.90 Å². The van der Waals surface area contributed by atoms with Crippen molar-refractivity contribution in [2.45, 2.75) is 31.6 Å². The Morgan fingerprint density at radius 3 is 2.45 bits per heavy atom. The van der Waals surface area contributed by atoms with E-state index in [2.05, 4.69) is 15.2 Å². The number of hydrogen-bond acceptors (Lipinski definition) is 5. The van der Waals surface area contributed by atoms with Crippen molar-refractivity contribution in [3.8, 4) is 17.2 Å². The van der Waals surface area contributed by atoms with E-state index in [1.165, 1.54) is 4.31 Å². The third-order valence-electron chi connectivity index (χ3n) is 5.22. The Morgan fingerprint density at radius 2 is 1.76 bits per heavy atom. The predicted octanol–water partition coefficient (Wildman–Crippen LogP) is 5.29. The molecule has 0 saturated carbocycles. The van der Waals surface area contributed by atoms with Gasteiger partial charge in [0.2, 0.25) is 0 Å². The van der Waals surface area contributed by atoms with Crippen LogP contribution in [0.2, 0.25) is 5.02 Å². The molecule has 2 heterocycles. The maximum Gasteiger partial charge on any atom is 0.264 e. The Bertz CT molecular complexity index is 1340. The van der Waals surface area contributed by atoms with Gasteiger partial charge in [0, 0.05) is 23.3 Å². The first-order chi connectivity index (χ1) is 15.9. The van der Waals surface area contributed by atoms with Gasteiger partial charge in [-0.3, -0.25) is 8.87 Å². The van der Waals surface area contributed by atoms with Crippen LogP contribution in [-0.4, -0.2) is 34.7 Å². The third kappa shape index (κ3) is 4.62. The average molecular weight is 482 g/mol. The minimum atomic E-state index is -3.82. The molecule has 170 valence electrons. The van der Waals surface area contributed by atoms with Crippen molar-refractivity contribution in [2.75, 3.05) is 10.8 Å². The summed E-state index contributed by atoms with van der Waals surface area (Å²) in [4.78, 5) is 4.66. The molecule has 0 radical (unpaired) electrons. The number of rotatable bonds is 8. The van der Waals surface area contributed by atoms with Gasteiger partial charge in [-0.25, -0.2) is 13.4 Å². The zero-order valence-electron chi connectivity index (χ0n) is 18.4. The van der Waals surface area contributed by atoms with Crippen LogP contribution in [0, 0.1) is 6.92 Å². The molecule has 0 atom stereocenters. The van der Waals surface area contributed by atoms with Crippen molar-refractivity contribution in [1.29, 1.82) is 0 Å². The monoisotopic (exact) mass is 481 g/mol. The minimum absolute atomic E-state index is 0.226. The second-order valence-corrected chi connectivity index (χ2v) is 9.80. The molecule has 4 rings (SSSR count). The molecule has 0 aliphatic heterocycles. The lowest BCUT2D eigenvalue weighted by Gasteiger charge is -2.27. The van der Waals surface area contributed by atoms with Crippen LogP contribution in [-0.2, 0) is 10.0 Å². The SMILES string of the molecule is CCCCN(c1ccc(Cl)cc1-c1nnc(C)n1-c1ccccn1)S(=O)(=O)c1ccccc1. The molecular formula is C24H24ClN5O2S. The Hall–Kier alpha value is -3.23. The summed E-state index contributed by atoms with van der Waals surface area (Å²) in [6.07, 6.45) is 3.22. The molecule has 0 N–H and O–H groups in total. The Labute approximate surface area is 198 Å². The molecule has 2 aromatic heterocycles. The van der Waals surface area contributed by atoms with E-state index < -0.39 is 10.0 Å². The number of halogens is 1. The van der Waals surface area contributed by atoms with Crippen molar-refractivity contribution in [3.63, 3.8) is 0 Å². The maximum absolute atomic E-state index is 13.7. The van der Waals surface area contributed by atoms with Crippen LogP contribution in [0.4, 0.5) is 5.69 Å². The van der Waals surface area contributed by atoms with Crippen molar-refractivity contribution in [2.24, 2.45) is 0 Å². The van der Waals surface area contributed by atoms with Gasteiger partial charge >= 0.3 is 0 Å². The number of aryl methyl sites for hydroxylation is 1. The molecule has 4 aromatic rings. The van der Waals surface area contributed by atoms with Gasteiger partial charge in [-0.1, -0.05) is 49.2 Å². The molecule has 0 amide bonds. The molecule has 0 saturated heterocycles. The Morgan fingerprint density at radius 1 is 1.00 bits per heavy atom. The largest absolute Gasteiger partial charge is 0.266 e. The molecule has 0 aliphatic rings. The molecular weight excluding hydrogens is 458 g/mol. The Balaban J connectivity index is 1.93. The van der Waals surface area contributed by atoms with Crippen molar-refractivity contribution < 1.29 is 8.42 Å². The van der Waals surface area contributed by atoms with E-state index in [1.807, 2.05) is 32.0 Å². The van der Waals surface area contributed by atoms with E-state index in [0.29, 0.717) is 46.7 Å². The smallest absolute Gasteiger partial charge is 0.264 e. The molecule has 2 aromatic carbocycles. The molecule has 0 aliphatic carbocycles. The van der Waals surface area contributed by atoms with Gasteiger partial charge in [-0.2, -0.15) is 0 Å². The highest BCUT2D eigenvalue weighted by Crippen LogP contribution is 2.36. The number of hydrogen-bond donors (Lipinski definition) is 0. The summed E-state index contributed by atoms with van der Waals surface area (Å²) in [5.74, 6) is 1.72. The second kappa shape index (κ2) is 9.72.